The summed E-state index contributed by atoms with van der Waals surface area (Å²) in [6.45, 7) is 1.84. The highest BCUT2D eigenvalue weighted by molar-refractivity contribution is 5.82. The van der Waals surface area contributed by atoms with Crippen LogP contribution in [0.4, 0.5) is 11.4 Å². The molecule has 0 radical (unpaired) electrons. The van der Waals surface area contributed by atoms with Crippen molar-refractivity contribution in [2.75, 3.05) is 37.3 Å². The Morgan fingerprint density at radius 2 is 2.17 bits per heavy atom. The Labute approximate surface area is 106 Å². The molecule has 1 amide bonds. The highest BCUT2D eigenvalue weighted by Gasteiger charge is 2.20. The van der Waals surface area contributed by atoms with Crippen molar-refractivity contribution in [1.82, 2.24) is 4.90 Å². The van der Waals surface area contributed by atoms with Gasteiger partial charge in [0, 0.05) is 25.8 Å². The molecule has 1 saturated heterocycles. The normalized spacial score (nSPS) is 16.3. The second kappa shape index (κ2) is 4.96. The van der Waals surface area contributed by atoms with E-state index in [1.165, 1.54) is 0 Å². The first-order valence-corrected chi connectivity index (χ1v) is 5.90. The number of carbonyl (C=O) groups excluding carboxylic acids is 1. The van der Waals surface area contributed by atoms with Crippen molar-refractivity contribution in [2.24, 2.45) is 0 Å². The molecule has 0 bridgehead atoms. The second-order valence-electron chi connectivity index (χ2n) is 4.48. The van der Waals surface area contributed by atoms with Gasteiger partial charge in [0.15, 0.2) is 0 Å². The zero-order valence-electron chi connectivity index (χ0n) is 10.4. The monoisotopic (exact) mass is 244 g/mol. The molecule has 0 saturated carbocycles. The maximum atomic E-state index is 11.8. The molecule has 94 valence electrons. The molecule has 1 aliphatic rings. The quantitative estimate of drug-likeness (QED) is 0.742. The van der Waals surface area contributed by atoms with Gasteiger partial charge in [0.1, 0.15) is 6.07 Å². The lowest BCUT2D eigenvalue weighted by Gasteiger charge is -2.23. The fourth-order valence-electron chi connectivity index (χ4n) is 2.11. The number of likely N-dealkylation sites (N-methyl/N-ethyl adjacent to an activating group) is 1. The average Bonchev–Trinajstić information content (AvgIpc) is 2.52. The summed E-state index contributed by atoms with van der Waals surface area (Å²) in [5, 5.41) is 9.13. The molecule has 5 nitrogen and oxygen atoms in total. The van der Waals surface area contributed by atoms with Gasteiger partial charge in [-0.2, -0.15) is 5.26 Å². The molecule has 2 N–H and O–H groups in total. The van der Waals surface area contributed by atoms with Gasteiger partial charge in [0.25, 0.3) is 0 Å². The van der Waals surface area contributed by atoms with Gasteiger partial charge >= 0.3 is 0 Å². The van der Waals surface area contributed by atoms with Crippen molar-refractivity contribution in [1.29, 1.82) is 5.26 Å². The molecule has 0 atom stereocenters. The lowest BCUT2D eigenvalue weighted by atomic mass is 10.1. The van der Waals surface area contributed by atoms with Crippen LogP contribution in [-0.2, 0) is 4.79 Å². The molecule has 2 rings (SSSR count). The molecule has 18 heavy (non-hydrogen) atoms. The standard InChI is InChI=1S/C13H16N4O/c1-16-5-2-6-17(9-13(16)18)12-4-3-11(15)7-10(12)8-14/h3-4,7H,2,5-6,9,15H2,1H3. The number of carbonyl (C=O) groups is 1. The summed E-state index contributed by atoms with van der Waals surface area (Å²) in [6.07, 6.45) is 0.900. The van der Waals surface area contributed by atoms with Crippen molar-refractivity contribution in [3.05, 3.63) is 23.8 Å². The van der Waals surface area contributed by atoms with E-state index in [0.29, 0.717) is 17.8 Å². The Morgan fingerprint density at radius 1 is 1.39 bits per heavy atom. The smallest absolute Gasteiger partial charge is 0.241 e. The van der Waals surface area contributed by atoms with E-state index in [1.807, 2.05) is 11.0 Å². The summed E-state index contributed by atoms with van der Waals surface area (Å²) >= 11 is 0. The van der Waals surface area contributed by atoms with Crippen LogP contribution >= 0.6 is 0 Å². The van der Waals surface area contributed by atoms with E-state index in [-0.39, 0.29) is 5.91 Å². The van der Waals surface area contributed by atoms with Crippen LogP contribution in [0.15, 0.2) is 18.2 Å². The van der Waals surface area contributed by atoms with Crippen LogP contribution in [0.1, 0.15) is 12.0 Å². The van der Waals surface area contributed by atoms with Crippen LogP contribution in [0.5, 0.6) is 0 Å². The number of nitriles is 1. The molecular formula is C13H16N4O. The minimum absolute atomic E-state index is 0.0771. The molecule has 0 aliphatic carbocycles. The molecule has 1 heterocycles. The van der Waals surface area contributed by atoms with Gasteiger partial charge in [-0.05, 0) is 24.6 Å². The van der Waals surface area contributed by atoms with Crippen LogP contribution < -0.4 is 10.6 Å². The maximum Gasteiger partial charge on any atom is 0.241 e. The third-order valence-electron chi connectivity index (χ3n) is 3.16. The number of hydrogen-bond acceptors (Lipinski definition) is 4. The molecule has 0 unspecified atom stereocenters. The van der Waals surface area contributed by atoms with Crippen LogP contribution in [-0.4, -0.2) is 37.5 Å². The lowest BCUT2D eigenvalue weighted by Crippen LogP contribution is -2.34. The summed E-state index contributed by atoms with van der Waals surface area (Å²) in [5.74, 6) is 0.0771. The molecule has 1 aliphatic heterocycles. The number of benzene rings is 1. The van der Waals surface area contributed by atoms with Crippen LogP contribution in [0, 0.1) is 11.3 Å². The Balaban J connectivity index is 2.31. The summed E-state index contributed by atoms with van der Waals surface area (Å²) in [4.78, 5) is 15.5. The number of amides is 1. The Hall–Kier alpha value is -2.22. The van der Waals surface area contributed by atoms with Crippen molar-refractivity contribution in [3.63, 3.8) is 0 Å². The van der Waals surface area contributed by atoms with E-state index < -0.39 is 0 Å². The number of anilines is 2. The van der Waals surface area contributed by atoms with Gasteiger partial charge in [0.05, 0.1) is 17.8 Å². The van der Waals surface area contributed by atoms with E-state index in [1.54, 1.807) is 24.1 Å². The SMILES string of the molecule is CN1CCCN(c2ccc(N)cc2C#N)CC1=O. The summed E-state index contributed by atoms with van der Waals surface area (Å²) in [6, 6.07) is 7.35. The van der Waals surface area contributed by atoms with E-state index in [4.69, 9.17) is 11.0 Å². The molecule has 0 spiro atoms. The minimum Gasteiger partial charge on any atom is -0.399 e. The predicted octanol–water partition coefficient (Wildman–Crippen LogP) is 0.809. The first-order chi connectivity index (χ1) is 8.61. The zero-order chi connectivity index (χ0) is 13.1. The predicted molar refractivity (Wildman–Crippen MR) is 70.0 cm³/mol. The van der Waals surface area contributed by atoms with Crippen LogP contribution in [0.2, 0.25) is 0 Å². The molecular weight excluding hydrogens is 228 g/mol. The average molecular weight is 244 g/mol. The zero-order valence-corrected chi connectivity index (χ0v) is 10.4. The topological polar surface area (TPSA) is 73.4 Å². The van der Waals surface area contributed by atoms with E-state index >= 15 is 0 Å². The molecule has 1 aromatic carbocycles. The number of nitrogens with zero attached hydrogens (tertiary/aromatic N) is 3. The van der Waals surface area contributed by atoms with Gasteiger partial charge in [-0.15, -0.1) is 0 Å². The summed E-state index contributed by atoms with van der Waals surface area (Å²) < 4.78 is 0. The van der Waals surface area contributed by atoms with E-state index in [0.717, 1.165) is 25.2 Å². The first-order valence-electron chi connectivity index (χ1n) is 5.90. The second-order valence-corrected chi connectivity index (χ2v) is 4.48. The Morgan fingerprint density at radius 3 is 2.89 bits per heavy atom. The van der Waals surface area contributed by atoms with Crippen molar-refractivity contribution in [2.45, 2.75) is 6.42 Å². The van der Waals surface area contributed by atoms with Gasteiger partial charge in [-0.25, -0.2) is 0 Å². The van der Waals surface area contributed by atoms with Gasteiger partial charge in [-0.1, -0.05) is 0 Å². The van der Waals surface area contributed by atoms with Gasteiger partial charge < -0.3 is 15.5 Å². The van der Waals surface area contributed by atoms with Gasteiger partial charge in [0.2, 0.25) is 5.91 Å². The maximum absolute atomic E-state index is 11.8. The molecule has 5 heteroatoms. The van der Waals surface area contributed by atoms with Crippen molar-refractivity contribution >= 4 is 17.3 Å². The number of rotatable bonds is 1. The molecule has 1 aromatic rings. The van der Waals surface area contributed by atoms with Crippen molar-refractivity contribution < 1.29 is 4.79 Å². The Bertz CT molecular complexity index is 506. The largest absolute Gasteiger partial charge is 0.399 e. The lowest BCUT2D eigenvalue weighted by molar-refractivity contribution is -0.127. The third kappa shape index (κ3) is 2.38. The highest BCUT2D eigenvalue weighted by Crippen LogP contribution is 2.23. The fourth-order valence-corrected chi connectivity index (χ4v) is 2.11. The van der Waals surface area contributed by atoms with E-state index in [9.17, 15) is 4.79 Å². The van der Waals surface area contributed by atoms with Crippen LogP contribution in [0.25, 0.3) is 0 Å². The van der Waals surface area contributed by atoms with Crippen molar-refractivity contribution in [3.8, 4) is 6.07 Å². The molecule has 1 fully saturated rings. The fraction of sp³-hybridized carbons (Fsp3) is 0.385. The highest BCUT2D eigenvalue weighted by atomic mass is 16.2. The number of hydrogen-bond donors (Lipinski definition) is 1. The van der Waals surface area contributed by atoms with E-state index in [2.05, 4.69) is 6.07 Å². The summed E-state index contributed by atoms with van der Waals surface area (Å²) in [5.41, 5.74) is 7.54. The Kier molecular flexibility index (Phi) is 3.38. The summed E-state index contributed by atoms with van der Waals surface area (Å²) in [7, 11) is 1.81. The minimum atomic E-state index is 0.0771. The number of nitrogen functional groups attached to an aromatic ring is 1. The van der Waals surface area contributed by atoms with Crippen LogP contribution in [0.3, 0.4) is 0 Å². The first kappa shape index (κ1) is 12.2. The third-order valence-corrected chi connectivity index (χ3v) is 3.16. The molecule has 0 aromatic heterocycles. The number of nitrogens with two attached hydrogens (primary N) is 1. The van der Waals surface area contributed by atoms with Gasteiger partial charge in [-0.3, -0.25) is 4.79 Å².